The first kappa shape index (κ1) is 108. The lowest BCUT2D eigenvalue weighted by Gasteiger charge is -2.42. The number of ether oxygens (including phenoxy) is 15. The van der Waals surface area contributed by atoms with Gasteiger partial charge in [-0.3, -0.25) is 47.9 Å². The molecule has 15 N–H and O–H groups in total. The number of aryl methyl sites for hydroxylation is 1. The predicted molar refractivity (Wildman–Crippen MR) is 460 cm³/mol. The van der Waals surface area contributed by atoms with E-state index in [9.17, 15) is 88.8 Å². The number of carbonyl (C=O) groups is 10. The Hall–Kier alpha value is -8.56. The van der Waals surface area contributed by atoms with Crippen molar-refractivity contribution in [1.82, 2.24) is 47.0 Å². The Kier molecular flexibility index (Phi) is 47.6. The number of amides is 9. The second-order valence-corrected chi connectivity index (χ2v) is 32.1. The topological polar surface area (TPSA) is 575 Å². The fraction of sp³-hybridized carbons (Fsp3) is 0.682. The van der Waals surface area contributed by atoms with E-state index in [4.69, 9.17) is 75.5 Å². The van der Waals surface area contributed by atoms with Gasteiger partial charge in [-0.25, -0.2) is 0 Å². The molecule has 9 amide bonds. The van der Waals surface area contributed by atoms with Crippen molar-refractivity contribution >= 4 is 64.5 Å². The fourth-order valence-electron chi connectivity index (χ4n) is 14.8. The first-order chi connectivity index (χ1) is 63.2. The maximum Gasteiger partial charge on any atom is 0.295 e. The van der Waals surface area contributed by atoms with Crippen LogP contribution < -0.4 is 37.2 Å². The second kappa shape index (κ2) is 57.9. The molecule has 1 aliphatic carbocycles. The number of rotatable bonds is 61. The smallest absolute Gasteiger partial charge is 0.295 e. The van der Waals surface area contributed by atoms with Gasteiger partial charge >= 0.3 is 0 Å². The molecule has 4 saturated heterocycles. The van der Waals surface area contributed by atoms with Gasteiger partial charge in [0.15, 0.2) is 18.9 Å². The number of Topliss-reactive ketones (excluding diaryl/α,β-unsaturated/α-hetero) is 1. The van der Waals surface area contributed by atoms with Crippen LogP contribution in [-0.4, -0.2) is 399 Å². The summed E-state index contributed by atoms with van der Waals surface area (Å²) in [6.07, 6.45) is -11.5. The number of aliphatic hydroxyl groups is 8. The number of fused-ring (bicyclic) bond motifs is 1. The summed E-state index contributed by atoms with van der Waals surface area (Å²) >= 11 is 0. The number of allylic oxidation sites excluding steroid dienone is 1. The van der Waals surface area contributed by atoms with E-state index in [0.29, 0.717) is 41.1 Å². The average Bonchev–Trinajstić information content (AvgIpc) is 1.62. The highest BCUT2D eigenvalue weighted by atomic mass is 16.7. The van der Waals surface area contributed by atoms with Gasteiger partial charge in [-0.1, -0.05) is 57.2 Å². The second-order valence-electron chi connectivity index (χ2n) is 32.1. The van der Waals surface area contributed by atoms with Gasteiger partial charge < -0.3 is 163 Å². The molecule has 2 aromatic carbocycles. The molecule has 5 heterocycles. The number of hydrogen-bond acceptors (Lipinski definition) is 34. The number of ketones is 1. The lowest BCUT2D eigenvalue weighted by Crippen LogP contribution is -2.64. The maximum absolute atomic E-state index is 14.1. The summed E-state index contributed by atoms with van der Waals surface area (Å²) in [4.78, 5) is 136. The Bertz CT molecular complexity index is 3970. The van der Waals surface area contributed by atoms with E-state index < -0.39 is 177 Å². The summed E-state index contributed by atoms with van der Waals surface area (Å²) in [5.41, 5.74) is 2.06. The molecule has 43 nitrogen and oxygen atoms in total. The van der Waals surface area contributed by atoms with E-state index in [0.717, 1.165) is 11.1 Å². The standard InChI is InChI=1S/C88H133N9O34/c1-6-64-79(110)76(107)56(3)85(129-64)125-45-42-119-39-36-116-33-23-89-70(103)20-30-122-52-88(53-123-31-21-71(104)90-24-34-117-37-40-120-43-46-126-86-57(4)77(108)80(111)66(50-98)130-86,54-124-32-22-72(105)91-25-35-118-38-41-121-44-47-127-87-75(94-58(5)100)82(113)81(112)67(51-99)131-87)95-73(106)49-93-69(102)19-18-68(101)92-48-60-13-17-65(128-60)61-14-12-55(2)74-62(61)15-16-63(74)78(109)84(115)97-28-26-96(27-29-97)83(114)59-10-8-7-9-11-59/h7-14,16-17,56-57,64,66-67,75-77,79-82,85-87,98-99,107-108,110-113H,6,15,18-54H2,1-5H3,(H,89,103)(H,90,104)(H,91,105)(H,92,101)(H,93,102)(H,94,100)(H,95,106)/t56-,57-,64-,66-,67-,75-,76-,77-,79+,80+,81+,82-,85-,86?,87-,88?/m1/s1. The zero-order valence-electron chi connectivity index (χ0n) is 75.1. The highest BCUT2D eigenvalue weighted by Crippen LogP contribution is 2.39. The summed E-state index contributed by atoms with van der Waals surface area (Å²) in [5, 5.41) is 99.8. The summed E-state index contributed by atoms with van der Waals surface area (Å²) in [5.74, 6) is -5.46. The van der Waals surface area contributed by atoms with Gasteiger partial charge in [-0.05, 0) is 60.7 Å². The third-order valence-corrected chi connectivity index (χ3v) is 22.2. The first-order valence-electron chi connectivity index (χ1n) is 44.5. The lowest BCUT2D eigenvalue weighted by molar-refractivity contribution is -0.284. The number of hydrogen-bond donors (Lipinski definition) is 15. The number of carbonyl (C=O) groups excluding carboxylic acids is 10. The Balaban J connectivity index is 0.812. The van der Waals surface area contributed by atoms with Crippen LogP contribution in [0.3, 0.4) is 0 Å². The van der Waals surface area contributed by atoms with Gasteiger partial charge in [-0.15, -0.1) is 0 Å². The zero-order chi connectivity index (χ0) is 94.6. The van der Waals surface area contributed by atoms with Crippen molar-refractivity contribution in [2.45, 2.75) is 171 Å². The summed E-state index contributed by atoms with van der Waals surface area (Å²) < 4.78 is 92.0. The zero-order valence-corrected chi connectivity index (χ0v) is 75.1. The summed E-state index contributed by atoms with van der Waals surface area (Å²) in [6.45, 7) is 7.76. The monoisotopic (exact) mass is 1860 g/mol. The molecule has 8 rings (SSSR count). The Morgan fingerprint density at radius 1 is 0.466 bits per heavy atom. The van der Waals surface area contributed by atoms with Crippen molar-refractivity contribution in [3.63, 3.8) is 0 Å². The number of benzene rings is 2. The molecule has 16 atom stereocenters. The van der Waals surface area contributed by atoms with Crippen LogP contribution in [-0.2, 0) is 127 Å². The minimum atomic E-state index is -1.64. The molecular weight excluding hydrogens is 1730 g/mol. The van der Waals surface area contributed by atoms with E-state index in [2.05, 4.69) is 37.2 Å². The summed E-state index contributed by atoms with van der Waals surface area (Å²) in [6, 6.07) is 14.8. The van der Waals surface area contributed by atoms with Crippen molar-refractivity contribution in [2.75, 3.05) is 204 Å². The molecule has 0 spiro atoms. The highest BCUT2D eigenvalue weighted by Gasteiger charge is 2.47. The SMILES string of the molecule is CC[C@H]1O[C@@H](OCCOCCOCCNC(=O)CCOCC(COCCC(=O)NCCOCCOCCOC2O[C@H](CO)[C@H](O)[C@H](O)[C@H]2C)(COCCC(=O)NCCOCCOCCO[C@@H]2O[C@H](CO)[C@H](O)[C@H](O)[C@H]2NC(C)=O)NC(=O)CNC(=O)CCC(=O)NCc2ccc(-c3ccc(C)c4c3CC=C4C(=O)C(=O)N3CCN(C(=O)c4ccccc4)CC3)o2)[C@H](C)[C@@H](O)[C@H]1O. The predicted octanol–water partition coefficient (Wildman–Crippen LogP) is -3.65. The van der Waals surface area contributed by atoms with Crippen LogP contribution in [0, 0.1) is 18.8 Å². The van der Waals surface area contributed by atoms with Gasteiger partial charge in [0, 0.05) is 113 Å². The molecular formula is C88H133N9O34. The van der Waals surface area contributed by atoms with Crippen LogP contribution in [0.15, 0.2) is 65.1 Å². The number of furan rings is 1. The third kappa shape index (κ3) is 35.3. The first-order valence-corrected chi connectivity index (χ1v) is 44.5. The quantitative estimate of drug-likeness (QED) is 0.0191. The van der Waals surface area contributed by atoms with Crippen LogP contribution in [0.25, 0.3) is 16.9 Å². The maximum atomic E-state index is 14.1. The van der Waals surface area contributed by atoms with Crippen LogP contribution >= 0.6 is 0 Å². The van der Waals surface area contributed by atoms with Crippen molar-refractivity contribution in [3.8, 4) is 11.3 Å². The molecule has 4 fully saturated rings. The molecule has 1 aromatic heterocycles. The van der Waals surface area contributed by atoms with Gasteiger partial charge in [0.1, 0.15) is 59.7 Å². The van der Waals surface area contributed by atoms with Gasteiger partial charge in [0.25, 0.3) is 17.6 Å². The number of nitrogens with zero attached hydrogens (tertiary/aromatic N) is 2. The largest absolute Gasteiger partial charge is 0.459 e. The highest BCUT2D eigenvalue weighted by molar-refractivity contribution is 6.53. The van der Waals surface area contributed by atoms with Gasteiger partial charge in [0.05, 0.1) is 183 Å². The number of piperazine rings is 1. The van der Waals surface area contributed by atoms with E-state index in [-0.39, 0.29) is 228 Å². The Morgan fingerprint density at radius 3 is 1.40 bits per heavy atom. The normalized spacial score (nSPS) is 23.5. The van der Waals surface area contributed by atoms with Gasteiger partial charge in [-0.2, -0.15) is 0 Å². The number of aliphatic hydroxyl groups excluding tert-OH is 8. The van der Waals surface area contributed by atoms with Crippen molar-refractivity contribution in [1.29, 1.82) is 0 Å². The summed E-state index contributed by atoms with van der Waals surface area (Å²) in [7, 11) is 0. The minimum Gasteiger partial charge on any atom is -0.459 e. The molecule has 5 aliphatic rings. The molecule has 0 saturated carbocycles. The molecule has 2 unspecified atom stereocenters. The third-order valence-electron chi connectivity index (χ3n) is 22.2. The molecule has 0 radical (unpaired) electrons. The van der Waals surface area contributed by atoms with Crippen LogP contribution in [0.5, 0.6) is 0 Å². The Labute approximate surface area is 760 Å². The van der Waals surface area contributed by atoms with E-state index >= 15 is 0 Å². The molecule has 3 aromatic rings. The average molecular weight is 1860 g/mol. The minimum absolute atomic E-state index is 0.0354. The van der Waals surface area contributed by atoms with Crippen LogP contribution in [0.4, 0.5) is 0 Å². The molecule has 131 heavy (non-hydrogen) atoms. The van der Waals surface area contributed by atoms with Crippen LogP contribution in [0.2, 0.25) is 0 Å². The van der Waals surface area contributed by atoms with Crippen molar-refractivity contribution in [2.24, 2.45) is 11.8 Å². The van der Waals surface area contributed by atoms with Crippen molar-refractivity contribution < 1.29 is 164 Å². The van der Waals surface area contributed by atoms with E-state index in [1.165, 1.54) is 11.8 Å². The number of nitrogens with one attached hydrogen (secondary N) is 7. The van der Waals surface area contributed by atoms with E-state index in [1.54, 1.807) is 61.2 Å². The van der Waals surface area contributed by atoms with E-state index in [1.807, 2.05) is 32.0 Å². The van der Waals surface area contributed by atoms with Gasteiger partial charge in [0.2, 0.25) is 41.4 Å². The fourth-order valence-corrected chi connectivity index (χ4v) is 14.8. The Morgan fingerprint density at radius 2 is 0.908 bits per heavy atom. The molecule has 43 heteroatoms. The molecule has 734 valence electrons. The van der Waals surface area contributed by atoms with Crippen molar-refractivity contribution in [3.05, 3.63) is 88.7 Å². The lowest BCUT2D eigenvalue weighted by atomic mass is 9.91. The van der Waals surface area contributed by atoms with Crippen LogP contribution in [0.1, 0.15) is 99.0 Å². The molecule has 4 aliphatic heterocycles. The molecule has 0 bridgehead atoms.